The van der Waals surface area contributed by atoms with E-state index in [-0.39, 0.29) is 30.2 Å². The zero-order valence-electron chi connectivity index (χ0n) is 18.7. The molecule has 7 heteroatoms. The molecule has 1 aliphatic rings. The molecule has 0 aliphatic carbocycles. The molecule has 172 valence electrons. The summed E-state index contributed by atoms with van der Waals surface area (Å²) in [6, 6.07) is 17.8. The van der Waals surface area contributed by atoms with Crippen molar-refractivity contribution in [3.05, 3.63) is 93.4 Å². The van der Waals surface area contributed by atoms with E-state index >= 15 is 0 Å². The first-order valence-corrected chi connectivity index (χ1v) is 12.0. The number of nitrogens with zero attached hydrogens (tertiary/aromatic N) is 2. The monoisotopic (exact) mass is 465 g/mol. The Bertz CT molecular complexity index is 1080. The van der Waals surface area contributed by atoms with Gasteiger partial charge in [-0.2, -0.15) is 0 Å². The molecule has 3 aromatic rings. The van der Waals surface area contributed by atoms with Crippen LogP contribution in [0.4, 0.5) is 4.39 Å². The van der Waals surface area contributed by atoms with Gasteiger partial charge >= 0.3 is 0 Å². The highest BCUT2D eigenvalue weighted by atomic mass is 32.1. The molecule has 2 amide bonds. The quantitative estimate of drug-likeness (QED) is 0.578. The van der Waals surface area contributed by atoms with Gasteiger partial charge in [-0.25, -0.2) is 4.39 Å². The maximum atomic E-state index is 13.4. The standard InChI is InChI=1S/C26H28FN3O2S/c1-19-5-2-3-6-21(19)17-25(32)30-14-12-29(13-15-30)18-24(31)28-26(23-7-4-16-33-23)20-8-10-22(27)11-9-20/h2-11,16,26H,12-15,17-18H2,1H3,(H,28,31). The number of nitrogens with one attached hydrogen (secondary N) is 1. The minimum Gasteiger partial charge on any atom is -0.343 e. The summed E-state index contributed by atoms with van der Waals surface area (Å²) in [4.78, 5) is 30.5. The fourth-order valence-electron chi connectivity index (χ4n) is 4.08. The molecule has 0 saturated carbocycles. The first kappa shape index (κ1) is 23.1. The molecule has 4 rings (SSSR count). The van der Waals surface area contributed by atoms with Gasteiger partial charge in [-0.1, -0.05) is 42.5 Å². The molecule has 1 aromatic heterocycles. The lowest BCUT2D eigenvalue weighted by atomic mass is 10.0. The van der Waals surface area contributed by atoms with Crippen LogP contribution in [0.25, 0.3) is 0 Å². The Kier molecular flexibility index (Phi) is 7.52. The van der Waals surface area contributed by atoms with Crippen molar-refractivity contribution in [2.24, 2.45) is 0 Å². The Morgan fingerprint density at radius 1 is 1.00 bits per heavy atom. The second-order valence-corrected chi connectivity index (χ2v) is 9.31. The Morgan fingerprint density at radius 3 is 2.39 bits per heavy atom. The van der Waals surface area contributed by atoms with E-state index in [0.717, 1.165) is 21.6 Å². The first-order chi connectivity index (χ1) is 16.0. The number of aryl methyl sites for hydroxylation is 1. The number of halogens is 1. The smallest absolute Gasteiger partial charge is 0.234 e. The SMILES string of the molecule is Cc1ccccc1CC(=O)N1CCN(CC(=O)NC(c2ccc(F)cc2)c2cccs2)CC1. The van der Waals surface area contributed by atoms with E-state index in [1.54, 1.807) is 23.5 Å². The van der Waals surface area contributed by atoms with E-state index < -0.39 is 0 Å². The van der Waals surface area contributed by atoms with Gasteiger partial charge in [-0.15, -0.1) is 11.3 Å². The summed E-state index contributed by atoms with van der Waals surface area (Å²) in [7, 11) is 0. The molecule has 1 atom stereocenters. The van der Waals surface area contributed by atoms with Crippen molar-refractivity contribution in [2.45, 2.75) is 19.4 Å². The molecule has 33 heavy (non-hydrogen) atoms. The van der Waals surface area contributed by atoms with Crippen molar-refractivity contribution in [2.75, 3.05) is 32.7 Å². The van der Waals surface area contributed by atoms with Crippen LogP contribution in [0.15, 0.2) is 66.0 Å². The number of hydrogen-bond acceptors (Lipinski definition) is 4. The highest BCUT2D eigenvalue weighted by Crippen LogP contribution is 2.26. The van der Waals surface area contributed by atoms with Crippen LogP contribution in [-0.4, -0.2) is 54.3 Å². The number of benzene rings is 2. The first-order valence-electron chi connectivity index (χ1n) is 11.1. The largest absolute Gasteiger partial charge is 0.343 e. The second-order valence-electron chi connectivity index (χ2n) is 8.33. The molecule has 5 nitrogen and oxygen atoms in total. The zero-order chi connectivity index (χ0) is 23.2. The van der Waals surface area contributed by atoms with Gasteiger partial charge in [0, 0.05) is 31.1 Å². The predicted molar refractivity (Wildman–Crippen MR) is 129 cm³/mol. The molecule has 1 saturated heterocycles. The molecule has 0 spiro atoms. The van der Waals surface area contributed by atoms with E-state index in [0.29, 0.717) is 32.6 Å². The number of carbonyl (C=O) groups is 2. The Morgan fingerprint density at radius 2 is 1.73 bits per heavy atom. The van der Waals surface area contributed by atoms with Gasteiger partial charge in [0.05, 0.1) is 19.0 Å². The third-order valence-corrected chi connectivity index (χ3v) is 6.97. The van der Waals surface area contributed by atoms with Crippen LogP contribution in [-0.2, 0) is 16.0 Å². The average molecular weight is 466 g/mol. The van der Waals surface area contributed by atoms with Crippen LogP contribution in [0.3, 0.4) is 0 Å². The fraction of sp³-hybridized carbons (Fsp3) is 0.308. The number of thiophene rings is 1. The van der Waals surface area contributed by atoms with Gasteiger partial charge in [0.2, 0.25) is 11.8 Å². The summed E-state index contributed by atoms with van der Waals surface area (Å²) in [6.45, 7) is 4.84. The van der Waals surface area contributed by atoms with E-state index in [9.17, 15) is 14.0 Å². The van der Waals surface area contributed by atoms with Crippen LogP contribution in [0.1, 0.15) is 27.6 Å². The third-order valence-electron chi connectivity index (χ3n) is 6.03. The third kappa shape index (κ3) is 6.06. The van der Waals surface area contributed by atoms with Crippen molar-refractivity contribution in [3.63, 3.8) is 0 Å². The van der Waals surface area contributed by atoms with Crippen molar-refractivity contribution in [1.29, 1.82) is 0 Å². The Hall–Kier alpha value is -3.03. The van der Waals surface area contributed by atoms with Crippen molar-refractivity contribution in [3.8, 4) is 0 Å². The summed E-state index contributed by atoms with van der Waals surface area (Å²) in [5.74, 6) is -0.260. The summed E-state index contributed by atoms with van der Waals surface area (Å²) in [5, 5.41) is 5.07. The van der Waals surface area contributed by atoms with Gasteiger partial charge in [0.1, 0.15) is 5.82 Å². The second kappa shape index (κ2) is 10.7. The summed E-state index contributed by atoms with van der Waals surface area (Å²) < 4.78 is 13.4. The average Bonchev–Trinajstić information content (AvgIpc) is 3.35. The topological polar surface area (TPSA) is 52.7 Å². The predicted octanol–water partition coefficient (Wildman–Crippen LogP) is 3.79. The van der Waals surface area contributed by atoms with Gasteiger partial charge in [-0.3, -0.25) is 14.5 Å². The summed E-state index contributed by atoms with van der Waals surface area (Å²) >= 11 is 1.56. The van der Waals surface area contributed by atoms with Gasteiger partial charge in [0.15, 0.2) is 0 Å². The van der Waals surface area contributed by atoms with E-state index in [4.69, 9.17) is 0 Å². The number of piperazine rings is 1. The lowest BCUT2D eigenvalue weighted by Crippen LogP contribution is -2.51. The minimum absolute atomic E-state index is 0.0857. The molecule has 1 N–H and O–H groups in total. The number of carbonyl (C=O) groups excluding carboxylic acids is 2. The van der Waals surface area contributed by atoms with Crippen molar-refractivity contribution >= 4 is 23.2 Å². The molecule has 1 aliphatic heterocycles. The molecular formula is C26H28FN3O2S. The molecular weight excluding hydrogens is 437 g/mol. The normalized spacial score (nSPS) is 15.3. The maximum absolute atomic E-state index is 13.4. The van der Waals surface area contributed by atoms with Crippen LogP contribution >= 0.6 is 11.3 Å². The van der Waals surface area contributed by atoms with Crippen molar-refractivity contribution in [1.82, 2.24) is 15.1 Å². The molecule has 0 radical (unpaired) electrons. The maximum Gasteiger partial charge on any atom is 0.234 e. The van der Waals surface area contributed by atoms with E-state index in [1.807, 2.05) is 53.6 Å². The molecule has 2 heterocycles. The minimum atomic E-state index is -0.310. The number of hydrogen-bond donors (Lipinski definition) is 1. The molecule has 1 fully saturated rings. The highest BCUT2D eigenvalue weighted by molar-refractivity contribution is 7.10. The van der Waals surface area contributed by atoms with E-state index in [2.05, 4.69) is 10.2 Å². The van der Waals surface area contributed by atoms with Gasteiger partial charge in [-0.05, 0) is 47.2 Å². The lowest BCUT2D eigenvalue weighted by molar-refractivity contribution is -0.132. The molecule has 1 unspecified atom stereocenters. The highest BCUT2D eigenvalue weighted by Gasteiger charge is 2.24. The lowest BCUT2D eigenvalue weighted by Gasteiger charge is -2.34. The fourth-order valence-corrected chi connectivity index (χ4v) is 4.88. The zero-order valence-corrected chi connectivity index (χ0v) is 19.5. The van der Waals surface area contributed by atoms with E-state index in [1.165, 1.54) is 12.1 Å². The van der Waals surface area contributed by atoms with Gasteiger partial charge < -0.3 is 10.2 Å². The van der Waals surface area contributed by atoms with Gasteiger partial charge in [0.25, 0.3) is 0 Å². The van der Waals surface area contributed by atoms with Crippen molar-refractivity contribution < 1.29 is 14.0 Å². The molecule has 2 aromatic carbocycles. The Labute approximate surface area is 197 Å². The van der Waals surface area contributed by atoms with Crippen LogP contribution in [0.2, 0.25) is 0 Å². The Balaban J connectivity index is 1.30. The number of rotatable bonds is 7. The summed E-state index contributed by atoms with van der Waals surface area (Å²) in [5.41, 5.74) is 3.03. The molecule has 0 bridgehead atoms. The number of amides is 2. The summed E-state index contributed by atoms with van der Waals surface area (Å²) in [6.07, 6.45) is 0.410. The van der Waals surface area contributed by atoms with Crippen LogP contribution in [0.5, 0.6) is 0 Å². The van der Waals surface area contributed by atoms with Crippen LogP contribution < -0.4 is 5.32 Å². The van der Waals surface area contributed by atoms with Crippen LogP contribution in [0, 0.1) is 12.7 Å².